The molecule has 1 saturated heterocycles. The number of hydrogen-bond donors (Lipinski definition) is 1. The van der Waals surface area contributed by atoms with Crippen LogP contribution in [-0.4, -0.2) is 31.3 Å². The highest BCUT2D eigenvalue weighted by molar-refractivity contribution is 7.99. The van der Waals surface area contributed by atoms with Crippen LogP contribution in [0.4, 0.5) is 0 Å². The van der Waals surface area contributed by atoms with E-state index in [1.165, 1.54) is 0 Å². The first kappa shape index (κ1) is 13.3. The second-order valence-electron chi connectivity index (χ2n) is 4.58. The van der Waals surface area contributed by atoms with Gasteiger partial charge in [-0.05, 0) is 31.3 Å². The maximum Gasteiger partial charge on any atom is 0.134 e. The number of fused-ring (bicyclic) bond motifs is 1. The summed E-state index contributed by atoms with van der Waals surface area (Å²) < 4.78 is 11.8. The molecule has 3 rings (SSSR count). The zero-order valence-electron chi connectivity index (χ0n) is 10.7. The van der Waals surface area contributed by atoms with Gasteiger partial charge in [0, 0.05) is 21.9 Å². The van der Waals surface area contributed by atoms with E-state index in [0.29, 0.717) is 0 Å². The number of rotatable bonds is 3. The molecule has 1 aromatic heterocycles. The van der Waals surface area contributed by atoms with Crippen LogP contribution < -0.4 is 5.32 Å². The Morgan fingerprint density at radius 2 is 2.32 bits per heavy atom. The minimum atomic E-state index is 0.0824. The molecule has 19 heavy (non-hydrogen) atoms. The molecule has 2 atom stereocenters. The van der Waals surface area contributed by atoms with Crippen molar-refractivity contribution in [3.63, 3.8) is 0 Å². The lowest BCUT2D eigenvalue weighted by Crippen LogP contribution is -2.36. The largest absolute Gasteiger partial charge is 0.459 e. The van der Waals surface area contributed by atoms with Crippen molar-refractivity contribution in [1.82, 2.24) is 5.32 Å². The Bertz CT molecular complexity index is 566. The highest BCUT2D eigenvalue weighted by Crippen LogP contribution is 2.30. The van der Waals surface area contributed by atoms with E-state index in [1.807, 2.05) is 43.1 Å². The predicted molar refractivity (Wildman–Crippen MR) is 80.1 cm³/mol. The molecule has 1 aliphatic heterocycles. The van der Waals surface area contributed by atoms with Crippen LogP contribution in [0.15, 0.2) is 28.7 Å². The molecule has 0 amide bonds. The van der Waals surface area contributed by atoms with Gasteiger partial charge in [0.2, 0.25) is 0 Å². The molecule has 0 bridgehead atoms. The SMILES string of the molecule is CNC(c1cc2cc(Cl)ccc2o1)C1CSCCO1. The van der Waals surface area contributed by atoms with Gasteiger partial charge in [-0.3, -0.25) is 0 Å². The molecule has 2 aromatic rings. The van der Waals surface area contributed by atoms with Crippen LogP contribution in [0.3, 0.4) is 0 Å². The summed E-state index contributed by atoms with van der Waals surface area (Å²) in [6, 6.07) is 7.81. The van der Waals surface area contributed by atoms with Crippen molar-refractivity contribution in [3.8, 4) is 0 Å². The Balaban J connectivity index is 1.91. The lowest BCUT2D eigenvalue weighted by molar-refractivity contribution is 0.0436. The highest BCUT2D eigenvalue weighted by atomic mass is 35.5. The van der Waals surface area contributed by atoms with E-state index in [4.69, 9.17) is 20.8 Å². The van der Waals surface area contributed by atoms with Gasteiger partial charge < -0.3 is 14.5 Å². The van der Waals surface area contributed by atoms with Gasteiger partial charge in [0.1, 0.15) is 11.3 Å². The number of benzene rings is 1. The third kappa shape index (κ3) is 2.77. The molecule has 1 aliphatic rings. The molecule has 2 unspecified atom stereocenters. The zero-order valence-corrected chi connectivity index (χ0v) is 12.3. The zero-order chi connectivity index (χ0) is 13.2. The predicted octanol–water partition coefficient (Wildman–Crippen LogP) is 3.48. The van der Waals surface area contributed by atoms with Gasteiger partial charge in [-0.25, -0.2) is 0 Å². The fourth-order valence-electron chi connectivity index (χ4n) is 2.40. The highest BCUT2D eigenvalue weighted by Gasteiger charge is 2.27. The van der Waals surface area contributed by atoms with Crippen molar-refractivity contribution in [2.75, 3.05) is 25.2 Å². The van der Waals surface area contributed by atoms with E-state index < -0.39 is 0 Å². The number of likely N-dealkylation sites (N-methyl/N-ethyl adjacent to an activating group) is 1. The molecule has 1 aromatic carbocycles. The summed E-state index contributed by atoms with van der Waals surface area (Å²) in [5.74, 6) is 2.97. The number of halogens is 1. The minimum absolute atomic E-state index is 0.0824. The number of ether oxygens (including phenoxy) is 1. The summed E-state index contributed by atoms with van der Waals surface area (Å²) in [5, 5.41) is 5.06. The van der Waals surface area contributed by atoms with Crippen LogP contribution in [-0.2, 0) is 4.74 Å². The molecule has 0 saturated carbocycles. The summed E-state index contributed by atoms with van der Waals surface area (Å²) in [6.45, 7) is 0.805. The second-order valence-corrected chi connectivity index (χ2v) is 6.17. The fraction of sp³-hybridized carbons (Fsp3) is 0.429. The van der Waals surface area contributed by atoms with Crippen molar-refractivity contribution in [1.29, 1.82) is 0 Å². The standard InChI is InChI=1S/C14H16ClNO2S/c1-16-14(13-8-19-5-4-17-13)12-7-9-6-10(15)2-3-11(9)18-12/h2-3,6-7,13-14,16H,4-5,8H2,1H3. The first-order valence-electron chi connectivity index (χ1n) is 6.33. The Kier molecular flexibility index (Phi) is 4.03. The minimum Gasteiger partial charge on any atom is -0.459 e. The van der Waals surface area contributed by atoms with Gasteiger partial charge in [-0.2, -0.15) is 11.8 Å². The summed E-state index contributed by atoms with van der Waals surface area (Å²) in [7, 11) is 1.94. The number of hydrogen-bond acceptors (Lipinski definition) is 4. The third-order valence-electron chi connectivity index (χ3n) is 3.33. The molecule has 1 fully saturated rings. The maximum atomic E-state index is 6.00. The molecule has 0 aliphatic carbocycles. The normalized spacial score (nSPS) is 21.7. The second kappa shape index (κ2) is 5.75. The first-order valence-corrected chi connectivity index (χ1v) is 7.87. The van der Waals surface area contributed by atoms with Gasteiger partial charge in [0.05, 0.1) is 18.8 Å². The average Bonchev–Trinajstić information content (AvgIpc) is 2.83. The van der Waals surface area contributed by atoms with E-state index in [-0.39, 0.29) is 12.1 Å². The quantitative estimate of drug-likeness (QED) is 0.940. The van der Waals surface area contributed by atoms with Crippen molar-refractivity contribution in [2.24, 2.45) is 0 Å². The maximum absolute atomic E-state index is 6.00. The number of furan rings is 1. The topological polar surface area (TPSA) is 34.4 Å². The number of nitrogens with one attached hydrogen (secondary N) is 1. The van der Waals surface area contributed by atoms with E-state index in [0.717, 1.165) is 39.9 Å². The van der Waals surface area contributed by atoms with Crippen molar-refractivity contribution in [2.45, 2.75) is 12.1 Å². The monoisotopic (exact) mass is 297 g/mol. The molecular weight excluding hydrogens is 282 g/mol. The van der Waals surface area contributed by atoms with E-state index in [2.05, 4.69) is 5.32 Å². The first-order chi connectivity index (χ1) is 9.28. The average molecular weight is 298 g/mol. The van der Waals surface area contributed by atoms with Crippen LogP contribution >= 0.6 is 23.4 Å². The number of thioether (sulfide) groups is 1. The summed E-state index contributed by atoms with van der Waals surface area (Å²) in [5.41, 5.74) is 0.864. The van der Waals surface area contributed by atoms with Gasteiger partial charge in [0.25, 0.3) is 0 Å². The lowest BCUT2D eigenvalue weighted by Gasteiger charge is -2.28. The molecule has 2 heterocycles. The van der Waals surface area contributed by atoms with Gasteiger partial charge in [-0.1, -0.05) is 11.6 Å². The van der Waals surface area contributed by atoms with E-state index in [1.54, 1.807) is 0 Å². The molecule has 5 heteroatoms. The van der Waals surface area contributed by atoms with E-state index >= 15 is 0 Å². The Morgan fingerprint density at radius 3 is 3.05 bits per heavy atom. The van der Waals surface area contributed by atoms with Crippen molar-refractivity contribution < 1.29 is 9.15 Å². The Morgan fingerprint density at radius 1 is 1.42 bits per heavy atom. The summed E-state index contributed by atoms with van der Waals surface area (Å²) >= 11 is 7.93. The lowest BCUT2D eigenvalue weighted by atomic mass is 10.1. The summed E-state index contributed by atoms with van der Waals surface area (Å²) in [6.07, 6.45) is 0.153. The molecular formula is C14H16ClNO2S. The van der Waals surface area contributed by atoms with Gasteiger partial charge >= 0.3 is 0 Å². The third-order valence-corrected chi connectivity index (χ3v) is 4.58. The molecule has 102 valence electrons. The van der Waals surface area contributed by atoms with Crippen LogP contribution in [0, 0.1) is 0 Å². The van der Waals surface area contributed by atoms with Crippen LogP contribution in [0.5, 0.6) is 0 Å². The van der Waals surface area contributed by atoms with Crippen LogP contribution in [0.1, 0.15) is 11.8 Å². The van der Waals surface area contributed by atoms with Gasteiger partial charge in [-0.15, -0.1) is 0 Å². The smallest absolute Gasteiger partial charge is 0.134 e. The molecule has 0 radical (unpaired) electrons. The van der Waals surface area contributed by atoms with Crippen molar-refractivity contribution >= 4 is 34.3 Å². The molecule has 0 spiro atoms. The van der Waals surface area contributed by atoms with E-state index in [9.17, 15) is 0 Å². The van der Waals surface area contributed by atoms with Crippen LogP contribution in [0.2, 0.25) is 5.02 Å². The summed E-state index contributed by atoms with van der Waals surface area (Å²) in [4.78, 5) is 0. The van der Waals surface area contributed by atoms with Crippen molar-refractivity contribution in [3.05, 3.63) is 35.0 Å². The Labute approximate surface area is 121 Å². The van der Waals surface area contributed by atoms with Crippen LogP contribution in [0.25, 0.3) is 11.0 Å². The fourth-order valence-corrected chi connectivity index (χ4v) is 3.48. The van der Waals surface area contributed by atoms with Gasteiger partial charge in [0.15, 0.2) is 0 Å². The molecule has 1 N–H and O–H groups in total. The molecule has 3 nitrogen and oxygen atoms in total. The Hall–Kier alpha value is -0.680.